The monoisotopic (exact) mass is 347 g/mol. The molecular weight excluding hydrogens is 322 g/mol. The third-order valence-electron chi connectivity index (χ3n) is 5.05. The third-order valence-corrected chi connectivity index (χ3v) is 6.56. The maximum atomic E-state index is 12.9. The Balaban J connectivity index is 0.00000176. The van der Waals surface area contributed by atoms with Crippen molar-refractivity contribution in [2.45, 2.75) is 43.5 Å². The number of hydrogen-bond donors (Lipinski definition) is 1. The molecule has 3 saturated heterocycles. The van der Waals surface area contributed by atoms with Crippen LogP contribution >= 0.6 is 24.2 Å². The lowest BCUT2D eigenvalue weighted by molar-refractivity contribution is -0.144. The Hall–Kier alpha value is -0.460. The number of nitrogens with zero attached hydrogens (tertiary/aromatic N) is 2. The molecule has 3 heterocycles. The van der Waals surface area contributed by atoms with Crippen LogP contribution in [0, 0.1) is 5.92 Å². The topological polar surface area (TPSA) is 52.7 Å². The van der Waals surface area contributed by atoms with Crippen molar-refractivity contribution in [1.29, 1.82) is 0 Å². The van der Waals surface area contributed by atoms with E-state index in [-0.39, 0.29) is 35.1 Å². The fourth-order valence-electron chi connectivity index (χ4n) is 3.93. The molecule has 5 nitrogen and oxygen atoms in total. The molecule has 0 radical (unpaired) electrons. The Kier molecular flexibility index (Phi) is 5.67. The number of halogens is 1. The Morgan fingerprint density at radius 3 is 3.00 bits per heavy atom. The van der Waals surface area contributed by atoms with Gasteiger partial charge in [-0.2, -0.15) is 0 Å². The first-order valence-electron chi connectivity index (χ1n) is 7.94. The summed E-state index contributed by atoms with van der Waals surface area (Å²) in [4.78, 5) is 28.8. The SMILES string of the molecule is CNCC1CCCN(C(=O)C2CSC3(C)CCC(=O)N23)C1.Cl. The minimum Gasteiger partial charge on any atom is -0.341 e. The number of rotatable bonds is 3. The van der Waals surface area contributed by atoms with Gasteiger partial charge in [0.25, 0.3) is 0 Å². The van der Waals surface area contributed by atoms with E-state index in [2.05, 4.69) is 12.2 Å². The van der Waals surface area contributed by atoms with Crippen LogP contribution in [0.5, 0.6) is 0 Å². The maximum absolute atomic E-state index is 12.9. The lowest BCUT2D eigenvalue weighted by Crippen LogP contribution is -2.53. The van der Waals surface area contributed by atoms with Gasteiger partial charge in [0.15, 0.2) is 0 Å². The summed E-state index contributed by atoms with van der Waals surface area (Å²) in [6.45, 7) is 4.75. The number of carbonyl (C=O) groups excluding carboxylic acids is 2. The van der Waals surface area contributed by atoms with Gasteiger partial charge >= 0.3 is 0 Å². The maximum Gasteiger partial charge on any atom is 0.246 e. The van der Waals surface area contributed by atoms with Gasteiger partial charge in [-0.25, -0.2) is 0 Å². The second-order valence-electron chi connectivity index (χ2n) is 6.62. The second-order valence-corrected chi connectivity index (χ2v) is 8.12. The Morgan fingerprint density at radius 1 is 1.50 bits per heavy atom. The Bertz CT molecular complexity index is 449. The summed E-state index contributed by atoms with van der Waals surface area (Å²) in [6.07, 6.45) is 3.73. The number of nitrogens with one attached hydrogen (secondary N) is 1. The first-order valence-corrected chi connectivity index (χ1v) is 8.93. The van der Waals surface area contributed by atoms with Gasteiger partial charge in [0.1, 0.15) is 6.04 Å². The van der Waals surface area contributed by atoms with Crippen LogP contribution in [0.1, 0.15) is 32.6 Å². The lowest BCUT2D eigenvalue weighted by Gasteiger charge is -2.37. The van der Waals surface area contributed by atoms with Crippen molar-refractivity contribution in [3.05, 3.63) is 0 Å². The number of thioether (sulfide) groups is 1. The molecule has 0 aromatic rings. The number of amides is 2. The zero-order valence-electron chi connectivity index (χ0n) is 13.3. The molecule has 2 amide bonds. The molecule has 3 unspecified atom stereocenters. The van der Waals surface area contributed by atoms with Crippen LogP contribution in [-0.4, -0.2) is 65.0 Å². The van der Waals surface area contributed by atoms with Crippen molar-refractivity contribution >= 4 is 36.0 Å². The summed E-state index contributed by atoms with van der Waals surface area (Å²) < 4.78 is 0. The van der Waals surface area contributed by atoms with Crippen molar-refractivity contribution in [3.8, 4) is 0 Å². The zero-order chi connectivity index (χ0) is 15.0. The predicted octanol–water partition coefficient (Wildman–Crippen LogP) is 1.32. The van der Waals surface area contributed by atoms with Gasteiger partial charge in [0, 0.05) is 25.3 Å². The third kappa shape index (κ3) is 3.10. The van der Waals surface area contributed by atoms with Crippen LogP contribution in [0.25, 0.3) is 0 Å². The molecule has 1 N–H and O–H groups in total. The molecule has 3 aliphatic rings. The van der Waals surface area contributed by atoms with Crippen LogP contribution in [0.4, 0.5) is 0 Å². The highest BCUT2D eigenvalue weighted by Crippen LogP contribution is 2.47. The average molecular weight is 348 g/mol. The predicted molar refractivity (Wildman–Crippen MR) is 91.2 cm³/mol. The first kappa shape index (κ1) is 17.9. The van der Waals surface area contributed by atoms with E-state index in [4.69, 9.17) is 0 Å². The van der Waals surface area contributed by atoms with Crippen LogP contribution in [0.15, 0.2) is 0 Å². The normalized spacial score (nSPS) is 34.5. The zero-order valence-corrected chi connectivity index (χ0v) is 15.0. The highest BCUT2D eigenvalue weighted by Gasteiger charge is 2.53. The molecular formula is C15H26ClN3O2S. The van der Waals surface area contributed by atoms with E-state index >= 15 is 0 Å². The first-order chi connectivity index (χ1) is 10.0. The summed E-state index contributed by atoms with van der Waals surface area (Å²) in [5.74, 6) is 1.63. The molecule has 0 bridgehead atoms. The largest absolute Gasteiger partial charge is 0.341 e. The fourth-order valence-corrected chi connectivity index (χ4v) is 5.36. The molecule has 3 rings (SSSR count). The van der Waals surface area contributed by atoms with Gasteiger partial charge in [-0.15, -0.1) is 24.2 Å². The van der Waals surface area contributed by atoms with Gasteiger partial charge in [-0.05, 0) is 45.7 Å². The van der Waals surface area contributed by atoms with Crippen molar-refractivity contribution in [3.63, 3.8) is 0 Å². The van der Waals surface area contributed by atoms with E-state index < -0.39 is 0 Å². The average Bonchev–Trinajstić information content (AvgIpc) is 2.96. The van der Waals surface area contributed by atoms with Gasteiger partial charge in [-0.3, -0.25) is 9.59 Å². The Labute approximate surface area is 142 Å². The number of piperidine rings is 1. The van der Waals surface area contributed by atoms with Gasteiger partial charge in [-0.1, -0.05) is 0 Å². The van der Waals surface area contributed by atoms with Crippen molar-refractivity contribution < 1.29 is 9.59 Å². The number of carbonyl (C=O) groups is 2. The molecule has 0 spiro atoms. The molecule has 3 fully saturated rings. The number of hydrogen-bond acceptors (Lipinski definition) is 4. The quantitative estimate of drug-likeness (QED) is 0.836. The molecule has 0 aromatic carbocycles. The lowest BCUT2D eigenvalue weighted by atomic mass is 9.97. The summed E-state index contributed by atoms with van der Waals surface area (Å²) in [7, 11) is 1.96. The van der Waals surface area contributed by atoms with E-state index in [1.54, 1.807) is 11.8 Å². The van der Waals surface area contributed by atoms with Crippen LogP contribution < -0.4 is 5.32 Å². The standard InChI is InChI=1S/C15H25N3O2S.ClH/c1-15-6-5-13(19)18(15)12(10-21-15)14(20)17-7-3-4-11(9-17)8-16-2;/h11-12,16H,3-10H2,1-2H3;1H. The van der Waals surface area contributed by atoms with E-state index in [1.165, 1.54) is 6.42 Å². The van der Waals surface area contributed by atoms with Crippen LogP contribution in [0.3, 0.4) is 0 Å². The molecule has 0 aliphatic carbocycles. The summed E-state index contributed by atoms with van der Waals surface area (Å²) in [6, 6.07) is -0.233. The molecule has 22 heavy (non-hydrogen) atoms. The second kappa shape index (κ2) is 6.97. The van der Waals surface area contributed by atoms with Crippen molar-refractivity contribution in [2.75, 3.05) is 32.4 Å². The van der Waals surface area contributed by atoms with E-state index in [0.29, 0.717) is 12.3 Å². The van der Waals surface area contributed by atoms with E-state index in [9.17, 15) is 9.59 Å². The highest BCUT2D eigenvalue weighted by molar-refractivity contribution is 8.01. The summed E-state index contributed by atoms with van der Waals surface area (Å²) >= 11 is 1.78. The minimum atomic E-state index is -0.233. The molecule has 3 aliphatic heterocycles. The number of likely N-dealkylation sites (tertiary alicyclic amines) is 1. The molecule has 3 atom stereocenters. The van der Waals surface area contributed by atoms with E-state index in [1.807, 2.05) is 16.8 Å². The highest BCUT2D eigenvalue weighted by atomic mass is 35.5. The van der Waals surface area contributed by atoms with Crippen LogP contribution in [-0.2, 0) is 9.59 Å². The summed E-state index contributed by atoms with van der Waals surface area (Å²) in [5, 5.41) is 3.21. The molecule has 126 valence electrons. The fraction of sp³-hybridized carbons (Fsp3) is 0.867. The van der Waals surface area contributed by atoms with Gasteiger partial charge in [0.05, 0.1) is 4.87 Å². The number of fused-ring (bicyclic) bond motifs is 1. The van der Waals surface area contributed by atoms with Crippen LogP contribution in [0.2, 0.25) is 0 Å². The van der Waals surface area contributed by atoms with Crippen molar-refractivity contribution in [1.82, 2.24) is 15.1 Å². The van der Waals surface area contributed by atoms with Gasteiger partial charge < -0.3 is 15.1 Å². The van der Waals surface area contributed by atoms with Gasteiger partial charge in [0.2, 0.25) is 11.8 Å². The smallest absolute Gasteiger partial charge is 0.246 e. The molecule has 0 saturated carbocycles. The molecule has 7 heteroatoms. The Morgan fingerprint density at radius 2 is 2.27 bits per heavy atom. The minimum absolute atomic E-state index is 0. The summed E-state index contributed by atoms with van der Waals surface area (Å²) in [5.41, 5.74) is 0. The molecule has 0 aromatic heterocycles. The van der Waals surface area contributed by atoms with Crippen molar-refractivity contribution in [2.24, 2.45) is 5.92 Å². The van der Waals surface area contributed by atoms with E-state index in [0.717, 1.165) is 38.2 Å².